The minimum absolute atomic E-state index is 0.190. The maximum Gasteiger partial charge on any atom is 0.321 e. The number of nitrogens with zero attached hydrogens (tertiary/aromatic N) is 3. The predicted molar refractivity (Wildman–Crippen MR) is 143 cm³/mol. The number of hydrogen-bond donors (Lipinski definition) is 0. The largest absolute Gasteiger partial charge is 0.465 e. The van der Waals surface area contributed by atoms with Crippen molar-refractivity contribution in [2.75, 3.05) is 18.1 Å². The van der Waals surface area contributed by atoms with Crippen molar-refractivity contribution in [2.45, 2.75) is 33.2 Å². The number of aromatic nitrogens is 2. The second-order valence-corrected chi connectivity index (χ2v) is 9.61. The number of amides is 1. The zero-order chi connectivity index (χ0) is 25.9. The van der Waals surface area contributed by atoms with E-state index in [9.17, 15) is 9.59 Å². The smallest absolute Gasteiger partial charge is 0.321 e. The quantitative estimate of drug-likeness (QED) is 0.221. The number of para-hydroxylation sites is 3. The summed E-state index contributed by atoms with van der Waals surface area (Å²) in [4.78, 5) is 33.9. The fourth-order valence-corrected chi connectivity index (χ4v) is 4.83. The van der Waals surface area contributed by atoms with E-state index in [2.05, 4.69) is 13.8 Å². The number of carbonyl (C=O) groups excluding carboxylic acids is 2. The van der Waals surface area contributed by atoms with E-state index in [-0.39, 0.29) is 12.5 Å². The summed E-state index contributed by atoms with van der Waals surface area (Å²) < 4.78 is 13.6. The van der Waals surface area contributed by atoms with Crippen LogP contribution in [-0.2, 0) is 14.3 Å². The number of anilines is 1. The van der Waals surface area contributed by atoms with Gasteiger partial charge in [-0.15, -0.1) is 0 Å². The Morgan fingerprint density at radius 3 is 2.46 bits per heavy atom. The molecular formula is C30H31N3O4. The van der Waals surface area contributed by atoms with E-state index in [0.29, 0.717) is 29.9 Å². The summed E-state index contributed by atoms with van der Waals surface area (Å²) in [6.07, 6.45) is 0.787. The Morgan fingerprint density at radius 2 is 1.70 bits per heavy atom. The van der Waals surface area contributed by atoms with E-state index in [1.807, 2.05) is 83.4 Å². The zero-order valence-corrected chi connectivity index (χ0v) is 21.3. The molecule has 0 fully saturated rings. The number of benzene rings is 3. The van der Waals surface area contributed by atoms with Crippen LogP contribution in [0, 0.1) is 11.8 Å². The molecule has 0 saturated heterocycles. The van der Waals surface area contributed by atoms with Gasteiger partial charge < -0.3 is 14.0 Å². The van der Waals surface area contributed by atoms with Gasteiger partial charge in [0.2, 0.25) is 11.9 Å². The first kappa shape index (κ1) is 24.6. The summed E-state index contributed by atoms with van der Waals surface area (Å²) in [5, 5.41) is 0. The molecule has 1 aliphatic rings. The molecule has 190 valence electrons. The zero-order valence-electron chi connectivity index (χ0n) is 21.3. The van der Waals surface area contributed by atoms with Gasteiger partial charge in [0, 0.05) is 6.54 Å². The van der Waals surface area contributed by atoms with E-state index >= 15 is 0 Å². The van der Waals surface area contributed by atoms with Crippen molar-refractivity contribution in [2.24, 2.45) is 11.8 Å². The molecule has 0 spiro atoms. The standard InChI is InChI=1S/C30H31N3O4/c1-4-36-29(35)26-27(21-11-10-14-23(19-21)37-22-12-6-5-7-13-22)33-25-16-9-8-15-24(25)31-30(33)32(28(26)34)18-17-20(2)3/h5-16,19-20,26-27H,4,17-18H2,1-3H3/t26-,27+/m1/s1. The second-order valence-electron chi connectivity index (χ2n) is 9.61. The van der Waals surface area contributed by atoms with Crippen LogP contribution in [0.4, 0.5) is 5.95 Å². The van der Waals surface area contributed by atoms with Crippen molar-refractivity contribution in [1.82, 2.24) is 9.55 Å². The van der Waals surface area contributed by atoms with Crippen molar-refractivity contribution in [3.05, 3.63) is 84.4 Å². The summed E-state index contributed by atoms with van der Waals surface area (Å²) >= 11 is 0. The minimum atomic E-state index is -1.05. The third-order valence-corrected chi connectivity index (χ3v) is 6.59. The number of imidazole rings is 1. The first-order valence-corrected chi connectivity index (χ1v) is 12.8. The van der Waals surface area contributed by atoms with E-state index in [4.69, 9.17) is 14.5 Å². The monoisotopic (exact) mass is 497 g/mol. The SMILES string of the molecule is CCOC(=O)[C@H]1C(=O)N(CCC(C)C)c2nc3ccccc3n2[C@H]1c1cccc(Oc2ccccc2)c1. The topological polar surface area (TPSA) is 73.7 Å². The highest BCUT2D eigenvalue weighted by molar-refractivity contribution is 6.08. The number of ether oxygens (including phenoxy) is 2. The van der Waals surface area contributed by atoms with Crippen molar-refractivity contribution in [3.63, 3.8) is 0 Å². The maximum atomic E-state index is 14.0. The van der Waals surface area contributed by atoms with Crippen molar-refractivity contribution >= 4 is 28.9 Å². The molecule has 0 aliphatic carbocycles. The average molecular weight is 498 g/mol. The van der Waals surface area contributed by atoms with Crippen molar-refractivity contribution < 1.29 is 19.1 Å². The Hall–Kier alpha value is -4.13. The van der Waals surface area contributed by atoms with Crippen LogP contribution in [0.5, 0.6) is 11.5 Å². The molecular weight excluding hydrogens is 466 g/mol. The Labute approximate surface area is 216 Å². The summed E-state index contributed by atoms with van der Waals surface area (Å²) in [5.41, 5.74) is 2.40. The van der Waals surface area contributed by atoms with Gasteiger partial charge in [-0.1, -0.05) is 56.3 Å². The number of rotatable bonds is 8. The molecule has 0 saturated carbocycles. The molecule has 37 heavy (non-hydrogen) atoms. The van der Waals surface area contributed by atoms with Crippen LogP contribution in [-0.4, -0.2) is 34.6 Å². The minimum Gasteiger partial charge on any atom is -0.465 e. The highest BCUT2D eigenvalue weighted by Gasteiger charge is 2.47. The lowest BCUT2D eigenvalue weighted by Crippen LogP contribution is -2.50. The molecule has 1 aliphatic heterocycles. The van der Waals surface area contributed by atoms with Crippen LogP contribution in [0.1, 0.15) is 38.8 Å². The second kappa shape index (κ2) is 10.5. The van der Waals surface area contributed by atoms with Crippen LogP contribution in [0.2, 0.25) is 0 Å². The van der Waals surface area contributed by atoms with E-state index < -0.39 is 17.9 Å². The summed E-state index contributed by atoms with van der Waals surface area (Å²) in [6, 6.07) is 24.2. The average Bonchev–Trinajstić information content (AvgIpc) is 3.27. The Balaban J connectivity index is 1.67. The van der Waals surface area contributed by atoms with Gasteiger partial charge in [0.05, 0.1) is 23.7 Å². The third kappa shape index (κ3) is 4.81. The number of esters is 1. The molecule has 3 aromatic carbocycles. The van der Waals surface area contributed by atoms with E-state index in [0.717, 1.165) is 23.0 Å². The molecule has 2 atom stereocenters. The molecule has 5 rings (SSSR count). The van der Waals surface area contributed by atoms with Gasteiger partial charge in [-0.05, 0) is 61.2 Å². The van der Waals surface area contributed by atoms with Crippen LogP contribution < -0.4 is 9.64 Å². The predicted octanol–water partition coefficient (Wildman–Crippen LogP) is 5.99. The third-order valence-electron chi connectivity index (χ3n) is 6.59. The van der Waals surface area contributed by atoms with Crippen molar-refractivity contribution in [1.29, 1.82) is 0 Å². The molecule has 0 N–H and O–H groups in total. The lowest BCUT2D eigenvalue weighted by molar-refractivity contribution is -0.153. The molecule has 2 heterocycles. The van der Waals surface area contributed by atoms with Gasteiger partial charge in [-0.2, -0.15) is 0 Å². The van der Waals surface area contributed by atoms with Gasteiger partial charge in [-0.3, -0.25) is 14.5 Å². The Bertz CT molecular complexity index is 1410. The van der Waals surface area contributed by atoms with Crippen LogP contribution in [0.25, 0.3) is 11.0 Å². The van der Waals surface area contributed by atoms with E-state index in [1.165, 1.54) is 0 Å². The highest BCUT2D eigenvalue weighted by Crippen LogP contribution is 2.42. The van der Waals surface area contributed by atoms with Gasteiger partial charge >= 0.3 is 5.97 Å². The van der Waals surface area contributed by atoms with Gasteiger partial charge in [0.15, 0.2) is 5.92 Å². The summed E-state index contributed by atoms with van der Waals surface area (Å²) in [6.45, 7) is 6.64. The van der Waals surface area contributed by atoms with Gasteiger partial charge in [-0.25, -0.2) is 4.98 Å². The molecule has 0 bridgehead atoms. The molecule has 1 amide bonds. The first-order valence-electron chi connectivity index (χ1n) is 12.8. The van der Waals surface area contributed by atoms with Crippen LogP contribution >= 0.6 is 0 Å². The Kier molecular flexibility index (Phi) is 6.95. The number of hydrogen-bond acceptors (Lipinski definition) is 5. The fourth-order valence-electron chi connectivity index (χ4n) is 4.83. The van der Waals surface area contributed by atoms with E-state index in [1.54, 1.807) is 11.8 Å². The highest BCUT2D eigenvalue weighted by atomic mass is 16.5. The van der Waals surface area contributed by atoms with Gasteiger partial charge in [0.1, 0.15) is 11.5 Å². The molecule has 0 unspecified atom stereocenters. The lowest BCUT2D eigenvalue weighted by atomic mass is 9.89. The molecule has 4 aromatic rings. The maximum absolute atomic E-state index is 14.0. The molecule has 7 heteroatoms. The first-order chi connectivity index (χ1) is 18.0. The van der Waals surface area contributed by atoms with Crippen molar-refractivity contribution in [3.8, 4) is 11.5 Å². The molecule has 0 radical (unpaired) electrons. The Morgan fingerprint density at radius 1 is 0.973 bits per heavy atom. The lowest BCUT2D eigenvalue weighted by Gasteiger charge is -2.38. The van der Waals surface area contributed by atoms with Crippen LogP contribution in [0.15, 0.2) is 78.9 Å². The summed E-state index contributed by atoms with van der Waals surface area (Å²) in [7, 11) is 0. The normalized spacial score (nSPS) is 17.2. The number of carbonyl (C=O) groups is 2. The fraction of sp³-hybridized carbons (Fsp3) is 0.300. The number of fused-ring (bicyclic) bond motifs is 3. The summed E-state index contributed by atoms with van der Waals surface area (Å²) in [5.74, 6) is 0.375. The van der Waals surface area contributed by atoms with Crippen LogP contribution in [0.3, 0.4) is 0 Å². The molecule has 1 aromatic heterocycles. The van der Waals surface area contributed by atoms with Gasteiger partial charge in [0.25, 0.3) is 0 Å². The molecule has 7 nitrogen and oxygen atoms in total.